The Hall–Kier alpha value is -1.40. The number of carbonyl (C=O) groups excluding carboxylic acids is 1. The average Bonchev–Trinajstić information content (AvgIpc) is 2.77. The van der Waals surface area contributed by atoms with E-state index in [0.717, 1.165) is 29.9 Å². The van der Waals surface area contributed by atoms with Gasteiger partial charge in [0.15, 0.2) is 0 Å². The number of hydrogen-bond donors (Lipinski definition) is 1. The smallest absolute Gasteiger partial charge is 0.243 e. The van der Waals surface area contributed by atoms with Gasteiger partial charge in [-0.2, -0.15) is 4.31 Å². The molecule has 5 aliphatic rings. The molecule has 6 rings (SSSR count). The van der Waals surface area contributed by atoms with Crippen LogP contribution in [-0.4, -0.2) is 38.3 Å². The topological polar surface area (TPSA) is 66.5 Å². The van der Waals surface area contributed by atoms with Crippen LogP contribution in [-0.2, 0) is 14.8 Å². The van der Waals surface area contributed by atoms with Crippen LogP contribution in [0.25, 0.3) is 0 Å². The maximum atomic E-state index is 13.1. The van der Waals surface area contributed by atoms with E-state index < -0.39 is 10.0 Å². The predicted molar refractivity (Wildman–Crippen MR) is 126 cm³/mol. The molecule has 0 radical (unpaired) electrons. The number of nitrogens with zero attached hydrogens (tertiary/aromatic N) is 1. The van der Waals surface area contributed by atoms with Gasteiger partial charge in [-0.1, -0.05) is 26.0 Å². The molecule has 5 fully saturated rings. The van der Waals surface area contributed by atoms with Gasteiger partial charge in [0.05, 0.1) is 4.90 Å². The van der Waals surface area contributed by atoms with Crippen LogP contribution in [0.1, 0.15) is 76.7 Å². The second-order valence-corrected chi connectivity index (χ2v) is 13.5. The molecule has 0 spiro atoms. The summed E-state index contributed by atoms with van der Waals surface area (Å²) in [6.45, 7) is 5.87. The lowest BCUT2D eigenvalue weighted by Gasteiger charge is -2.57. The van der Waals surface area contributed by atoms with Crippen LogP contribution < -0.4 is 5.32 Å². The van der Waals surface area contributed by atoms with Crippen molar-refractivity contribution in [1.29, 1.82) is 0 Å². The fourth-order valence-electron chi connectivity index (χ4n) is 7.46. The first kappa shape index (κ1) is 22.4. The van der Waals surface area contributed by atoms with Gasteiger partial charge in [-0.05, 0) is 98.1 Å². The molecule has 1 aromatic carbocycles. The molecule has 4 bridgehead atoms. The van der Waals surface area contributed by atoms with Crippen molar-refractivity contribution in [2.45, 2.75) is 76.0 Å². The van der Waals surface area contributed by atoms with Gasteiger partial charge in [-0.25, -0.2) is 8.42 Å². The first-order valence-corrected chi connectivity index (χ1v) is 14.1. The zero-order chi connectivity index (χ0) is 22.5. The molecule has 5 nitrogen and oxygen atoms in total. The largest absolute Gasteiger partial charge is 0.355 e. The van der Waals surface area contributed by atoms with Crippen LogP contribution in [0.3, 0.4) is 0 Å². The van der Waals surface area contributed by atoms with E-state index in [4.69, 9.17) is 0 Å². The summed E-state index contributed by atoms with van der Waals surface area (Å²) in [5.74, 6) is 3.11. The summed E-state index contributed by atoms with van der Waals surface area (Å²) in [7, 11) is -3.50. The van der Waals surface area contributed by atoms with Gasteiger partial charge in [-0.15, -0.1) is 0 Å². The van der Waals surface area contributed by atoms with Crippen molar-refractivity contribution >= 4 is 15.9 Å². The fourth-order valence-corrected chi connectivity index (χ4v) is 8.93. The summed E-state index contributed by atoms with van der Waals surface area (Å²) < 4.78 is 27.7. The predicted octanol–water partition coefficient (Wildman–Crippen LogP) is 4.54. The lowest BCUT2D eigenvalue weighted by molar-refractivity contribution is -0.128. The molecule has 1 amide bonds. The minimum absolute atomic E-state index is 0.0707. The molecule has 0 atom stereocenters. The van der Waals surface area contributed by atoms with E-state index in [1.165, 1.54) is 38.5 Å². The van der Waals surface area contributed by atoms with E-state index in [1.807, 2.05) is 12.1 Å². The number of piperidine rings is 1. The number of benzene rings is 1. The van der Waals surface area contributed by atoms with Crippen molar-refractivity contribution in [3.63, 3.8) is 0 Å². The van der Waals surface area contributed by atoms with Crippen molar-refractivity contribution in [3.05, 3.63) is 29.8 Å². The van der Waals surface area contributed by atoms with Gasteiger partial charge in [0.1, 0.15) is 0 Å². The van der Waals surface area contributed by atoms with Crippen molar-refractivity contribution in [2.24, 2.45) is 29.1 Å². The number of rotatable bonds is 6. The summed E-state index contributed by atoms with van der Waals surface area (Å²) >= 11 is 0. The summed E-state index contributed by atoms with van der Waals surface area (Å²) in [6.07, 6.45) is 9.36. The number of carbonyl (C=O) groups is 1. The Morgan fingerprint density at radius 2 is 1.53 bits per heavy atom. The third kappa shape index (κ3) is 4.25. The number of nitrogens with one attached hydrogen (secondary N) is 1. The molecule has 6 heteroatoms. The molecule has 1 aromatic rings. The van der Waals surface area contributed by atoms with Crippen LogP contribution in [0, 0.1) is 29.1 Å². The van der Waals surface area contributed by atoms with Crippen LogP contribution in [0.4, 0.5) is 0 Å². The fraction of sp³-hybridized carbons (Fsp3) is 0.731. The minimum Gasteiger partial charge on any atom is -0.355 e. The van der Waals surface area contributed by atoms with Crippen molar-refractivity contribution < 1.29 is 13.2 Å². The molecular formula is C26H38N2O3S. The van der Waals surface area contributed by atoms with Gasteiger partial charge in [-0.3, -0.25) is 4.79 Å². The molecule has 1 aliphatic heterocycles. The standard InChI is InChI=1S/C26H38N2O3S/c1-18(2)22-3-5-24(6-4-22)32(30,31)28-9-7-23(8-10-28)25(29)27-17-26-14-19-11-20(15-26)13-21(12-19)16-26/h3-6,18-21,23H,7-17H2,1-2H3,(H,27,29). The third-order valence-corrected chi connectivity index (χ3v) is 10.7. The third-order valence-electron chi connectivity index (χ3n) is 8.81. The highest BCUT2D eigenvalue weighted by atomic mass is 32.2. The maximum Gasteiger partial charge on any atom is 0.243 e. The molecular weight excluding hydrogens is 420 g/mol. The van der Waals surface area contributed by atoms with Gasteiger partial charge >= 0.3 is 0 Å². The van der Waals surface area contributed by atoms with E-state index in [-0.39, 0.29) is 11.8 Å². The molecule has 4 saturated carbocycles. The summed E-state index contributed by atoms with van der Waals surface area (Å²) in [5.41, 5.74) is 1.48. The molecule has 32 heavy (non-hydrogen) atoms. The Bertz CT molecular complexity index is 911. The Morgan fingerprint density at radius 3 is 2.03 bits per heavy atom. The van der Waals surface area contributed by atoms with Crippen LogP contribution in [0.15, 0.2) is 29.2 Å². The molecule has 1 saturated heterocycles. The van der Waals surface area contributed by atoms with E-state index in [0.29, 0.717) is 42.2 Å². The highest BCUT2D eigenvalue weighted by Crippen LogP contribution is 2.59. The summed E-state index contributed by atoms with van der Waals surface area (Å²) in [4.78, 5) is 13.3. The Morgan fingerprint density at radius 1 is 1.00 bits per heavy atom. The molecule has 1 N–H and O–H groups in total. The average molecular weight is 459 g/mol. The van der Waals surface area contributed by atoms with Crippen molar-refractivity contribution in [3.8, 4) is 0 Å². The Labute approximate surface area is 193 Å². The van der Waals surface area contributed by atoms with Gasteiger partial charge in [0, 0.05) is 25.6 Å². The SMILES string of the molecule is CC(C)c1ccc(S(=O)(=O)N2CCC(C(=O)NCC34CC5CC(CC(C5)C3)C4)CC2)cc1. The normalized spacial score (nSPS) is 33.0. The van der Waals surface area contributed by atoms with Crippen LogP contribution in [0.5, 0.6) is 0 Å². The van der Waals surface area contributed by atoms with E-state index in [2.05, 4.69) is 19.2 Å². The van der Waals surface area contributed by atoms with Crippen LogP contribution >= 0.6 is 0 Å². The number of hydrogen-bond acceptors (Lipinski definition) is 3. The van der Waals surface area contributed by atoms with Crippen LogP contribution in [0.2, 0.25) is 0 Å². The quantitative estimate of drug-likeness (QED) is 0.680. The summed E-state index contributed by atoms with van der Waals surface area (Å²) in [5, 5.41) is 3.30. The second kappa shape index (κ2) is 8.43. The van der Waals surface area contributed by atoms with Gasteiger partial charge < -0.3 is 5.32 Å². The molecule has 1 heterocycles. The molecule has 4 aliphatic carbocycles. The monoisotopic (exact) mass is 458 g/mol. The molecule has 0 aromatic heterocycles. The maximum absolute atomic E-state index is 13.1. The van der Waals surface area contributed by atoms with Gasteiger partial charge in [0.25, 0.3) is 0 Å². The number of sulfonamides is 1. The minimum atomic E-state index is -3.50. The Kier molecular flexibility index (Phi) is 5.90. The highest BCUT2D eigenvalue weighted by Gasteiger charge is 2.50. The van der Waals surface area contributed by atoms with E-state index in [1.54, 1.807) is 16.4 Å². The highest BCUT2D eigenvalue weighted by molar-refractivity contribution is 7.89. The zero-order valence-corrected chi connectivity index (χ0v) is 20.4. The lowest BCUT2D eigenvalue weighted by atomic mass is 9.49. The van der Waals surface area contributed by atoms with Crippen molar-refractivity contribution in [2.75, 3.05) is 19.6 Å². The van der Waals surface area contributed by atoms with E-state index >= 15 is 0 Å². The van der Waals surface area contributed by atoms with Crippen molar-refractivity contribution in [1.82, 2.24) is 9.62 Å². The molecule has 176 valence electrons. The summed E-state index contributed by atoms with van der Waals surface area (Å²) in [6, 6.07) is 7.24. The zero-order valence-electron chi connectivity index (χ0n) is 19.6. The lowest BCUT2D eigenvalue weighted by Crippen LogP contribution is -2.52. The van der Waals surface area contributed by atoms with E-state index in [9.17, 15) is 13.2 Å². The Balaban J connectivity index is 1.15. The number of amides is 1. The van der Waals surface area contributed by atoms with Gasteiger partial charge in [0.2, 0.25) is 15.9 Å². The second-order valence-electron chi connectivity index (χ2n) is 11.5. The first-order chi connectivity index (χ1) is 15.2. The first-order valence-electron chi connectivity index (χ1n) is 12.6. The molecule has 0 unspecified atom stereocenters.